The Morgan fingerprint density at radius 2 is 1.58 bits per heavy atom. The van der Waals surface area contributed by atoms with Gasteiger partial charge in [-0.2, -0.15) is 0 Å². The molecule has 134 valence electrons. The molecule has 0 aromatic heterocycles. The van der Waals surface area contributed by atoms with Crippen LogP contribution < -0.4 is 0 Å². The summed E-state index contributed by atoms with van der Waals surface area (Å²) < 4.78 is 0. The van der Waals surface area contributed by atoms with E-state index in [1.54, 1.807) is 0 Å². The van der Waals surface area contributed by atoms with Crippen molar-refractivity contribution in [2.45, 2.75) is 57.8 Å². The highest BCUT2D eigenvalue weighted by molar-refractivity contribution is 5.37. The first-order valence-corrected chi connectivity index (χ1v) is 10.1. The van der Waals surface area contributed by atoms with Crippen LogP contribution in [0.2, 0.25) is 0 Å². The van der Waals surface area contributed by atoms with E-state index in [4.69, 9.17) is 0 Å². The summed E-state index contributed by atoms with van der Waals surface area (Å²) in [5.41, 5.74) is 5.46. The molecule has 0 spiro atoms. The third kappa shape index (κ3) is 5.12. The SMILES string of the molecule is C=CCCc1ccc(C#C[C@H]2CC[C@H](c3ccc(CC)cc3)CC2)cc1. The second-order valence-electron chi connectivity index (χ2n) is 7.44. The van der Waals surface area contributed by atoms with Gasteiger partial charge in [0.15, 0.2) is 0 Å². The summed E-state index contributed by atoms with van der Waals surface area (Å²) in [6.07, 6.45) is 10.2. The molecule has 26 heavy (non-hydrogen) atoms. The molecule has 0 nitrogen and oxygen atoms in total. The molecule has 1 aliphatic rings. The molecule has 0 heterocycles. The minimum atomic E-state index is 0.557. The molecule has 0 saturated heterocycles. The molecule has 0 N–H and O–H groups in total. The van der Waals surface area contributed by atoms with Crippen molar-refractivity contribution in [3.8, 4) is 11.8 Å². The second-order valence-corrected chi connectivity index (χ2v) is 7.44. The standard InChI is InChI=1S/C26H30/c1-3-5-6-22-7-9-23(10-8-22)11-12-24-15-19-26(20-16-24)25-17-13-21(4-2)14-18-25/h3,7-10,13-14,17-18,24,26H,1,4-6,15-16,19-20H2,2H3/t24-,26-. The fraction of sp³-hybridized carbons (Fsp3) is 0.385. The topological polar surface area (TPSA) is 0 Å². The molecular weight excluding hydrogens is 312 g/mol. The van der Waals surface area contributed by atoms with E-state index in [1.807, 2.05) is 6.08 Å². The first-order chi connectivity index (χ1) is 12.8. The Bertz CT molecular complexity index is 744. The third-order valence-electron chi connectivity index (χ3n) is 5.60. The molecule has 0 radical (unpaired) electrons. The lowest BCUT2D eigenvalue weighted by atomic mass is 9.79. The van der Waals surface area contributed by atoms with Crippen molar-refractivity contribution in [2.75, 3.05) is 0 Å². The molecule has 1 aliphatic carbocycles. The van der Waals surface area contributed by atoms with Crippen molar-refractivity contribution in [3.05, 3.63) is 83.4 Å². The molecule has 0 unspecified atom stereocenters. The van der Waals surface area contributed by atoms with Crippen molar-refractivity contribution in [3.63, 3.8) is 0 Å². The van der Waals surface area contributed by atoms with Crippen molar-refractivity contribution in [1.82, 2.24) is 0 Å². The molecule has 3 rings (SSSR count). The Kier molecular flexibility index (Phi) is 6.73. The summed E-state index contributed by atoms with van der Waals surface area (Å²) in [7, 11) is 0. The van der Waals surface area contributed by atoms with Gasteiger partial charge in [0.25, 0.3) is 0 Å². The van der Waals surface area contributed by atoms with Crippen molar-refractivity contribution >= 4 is 0 Å². The summed E-state index contributed by atoms with van der Waals surface area (Å²) in [6, 6.07) is 18.0. The number of aryl methyl sites for hydroxylation is 2. The molecule has 2 aromatic rings. The van der Waals surface area contributed by atoms with E-state index < -0.39 is 0 Å². The zero-order valence-corrected chi connectivity index (χ0v) is 16.0. The minimum absolute atomic E-state index is 0.557. The monoisotopic (exact) mass is 342 g/mol. The van der Waals surface area contributed by atoms with E-state index in [-0.39, 0.29) is 0 Å². The van der Waals surface area contributed by atoms with E-state index in [1.165, 1.54) is 42.4 Å². The lowest BCUT2D eigenvalue weighted by molar-refractivity contribution is 0.384. The molecule has 0 aliphatic heterocycles. The van der Waals surface area contributed by atoms with Gasteiger partial charge in [0.1, 0.15) is 0 Å². The highest BCUT2D eigenvalue weighted by Gasteiger charge is 2.21. The first-order valence-electron chi connectivity index (χ1n) is 10.1. The van der Waals surface area contributed by atoms with E-state index in [9.17, 15) is 0 Å². The van der Waals surface area contributed by atoms with Crippen molar-refractivity contribution in [1.29, 1.82) is 0 Å². The van der Waals surface area contributed by atoms with Gasteiger partial charge in [0.05, 0.1) is 0 Å². The van der Waals surface area contributed by atoms with Crippen molar-refractivity contribution in [2.24, 2.45) is 5.92 Å². The highest BCUT2D eigenvalue weighted by atomic mass is 14.2. The summed E-state index contributed by atoms with van der Waals surface area (Å²) >= 11 is 0. The normalized spacial score (nSPS) is 19.4. The largest absolute Gasteiger partial charge is 0.103 e. The average Bonchev–Trinajstić information content (AvgIpc) is 2.72. The second kappa shape index (κ2) is 9.44. The van der Waals surface area contributed by atoms with Gasteiger partial charge in [-0.3, -0.25) is 0 Å². The fourth-order valence-electron chi connectivity index (χ4n) is 3.81. The lowest BCUT2D eigenvalue weighted by Crippen LogP contribution is -2.12. The van der Waals surface area contributed by atoms with Crippen LogP contribution in [0.25, 0.3) is 0 Å². The summed E-state index contributed by atoms with van der Waals surface area (Å²) in [5.74, 6) is 8.20. The summed E-state index contributed by atoms with van der Waals surface area (Å²) in [4.78, 5) is 0. The minimum Gasteiger partial charge on any atom is -0.103 e. The average molecular weight is 343 g/mol. The van der Waals surface area contributed by atoms with Gasteiger partial charge in [0.2, 0.25) is 0 Å². The van der Waals surface area contributed by atoms with Gasteiger partial charge in [-0.05, 0) is 79.7 Å². The van der Waals surface area contributed by atoms with Crippen LogP contribution in [-0.2, 0) is 12.8 Å². The van der Waals surface area contributed by atoms with Crippen LogP contribution in [0, 0.1) is 17.8 Å². The Labute approximate surface area is 159 Å². The van der Waals surface area contributed by atoms with Crippen LogP contribution in [0.1, 0.15) is 67.2 Å². The van der Waals surface area contributed by atoms with Crippen LogP contribution in [0.3, 0.4) is 0 Å². The summed E-state index contributed by atoms with van der Waals surface area (Å²) in [6.45, 7) is 6.00. The number of rotatable bonds is 5. The first kappa shape index (κ1) is 18.5. The Morgan fingerprint density at radius 3 is 2.19 bits per heavy atom. The van der Waals surface area contributed by atoms with Gasteiger partial charge < -0.3 is 0 Å². The molecule has 1 saturated carbocycles. The summed E-state index contributed by atoms with van der Waals surface area (Å²) in [5, 5.41) is 0. The maximum absolute atomic E-state index is 3.78. The number of allylic oxidation sites excluding steroid dienone is 1. The Morgan fingerprint density at radius 1 is 0.923 bits per heavy atom. The quantitative estimate of drug-likeness (QED) is 0.419. The van der Waals surface area contributed by atoms with Gasteiger partial charge in [-0.15, -0.1) is 6.58 Å². The predicted molar refractivity (Wildman–Crippen MR) is 112 cm³/mol. The van der Waals surface area contributed by atoms with Crippen molar-refractivity contribution < 1.29 is 0 Å². The van der Waals surface area contributed by atoms with Crippen LogP contribution in [0.5, 0.6) is 0 Å². The van der Waals surface area contributed by atoms with Gasteiger partial charge in [0, 0.05) is 11.5 Å². The van der Waals surface area contributed by atoms with E-state index in [0.717, 1.165) is 30.7 Å². The molecule has 0 bridgehead atoms. The molecule has 0 amide bonds. The Balaban J connectivity index is 1.52. The van der Waals surface area contributed by atoms with E-state index >= 15 is 0 Å². The van der Waals surface area contributed by atoms with Gasteiger partial charge >= 0.3 is 0 Å². The maximum Gasteiger partial charge on any atom is 0.0245 e. The Hall–Kier alpha value is -2.26. The number of hydrogen-bond acceptors (Lipinski definition) is 0. The lowest BCUT2D eigenvalue weighted by Gasteiger charge is -2.26. The third-order valence-corrected chi connectivity index (χ3v) is 5.60. The van der Waals surface area contributed by atoms with Gasteiger partial charge in [-0.1, -0.05) is 61.2 Å². The molecule has 2 aromatic carbocycles. The fourth-order valence-corrected chi connectivity index (χ4v) is 3.81. The highest BCUT2D eigenvalue weighted by Crippen LogP contribution is 2.35. The predicted octanol–water partition coefficient (Wildman–Crippen LogP) is 6.69. The van der Waals surface area contributed by atoms with Gasteiger partial charge in [-0.25, -0.2) is 0 Å². The molecular formula is C26H30. The maximum atomic E-state index is 3.78. The molecule has 0 heteroatoms. The van der Waals surface area contributed by atoms with E-state index in [0.29, 0.717) is 5.92 Å². The smallest absolute Gasteiger partial charge is 0.0245 e. The van der Waals surface area contributed by atoms with E-state index in [2.05, 4.69) is 73.9 Å². The van der Waals surface area contributed by atoms with Crippen LogP contribution in [0.15, 0.2) is 61.2 Å². The van der Waals surface area contributed by atoms with Crippen LogP contribution in [0.4, 0.5) is 0 Å². The van der Waals surface area contributed by atoms with Crippen LogP contribution >= 0.6 is 0 Å². The zero-order chi connectivity index (χ0) is 18.2. The number of benzene rings is 2. The number of hydrogen-bond donors (Lipinski definition) is 0. The zero-order valence-electron chi connectivity index (χ0n) is 16.0. The molecule has 1 fully saturated rings. The molecule has 0 atom stereocenters. The van der Waals surface area contributed by atoms with Crippen LogP contribution in [-0.4, -0.2) is 0 Å².